The van der Waals surface area contributed by atoms with Gasteiger partial charge in [0.05, 0.1) is 18.5 Å². The molecule has 1 aliphatic rings. The number of likely N-dealkylation sites (tertiary alicyclic amines) is 1. The molecule has 0 unspecified atom stereocenters. The van der Waals surface area contributed by atoms with Crippen molar-refractivity contribution in [2.24, 2.45) is 5.92 Å². The van der Waals surface area contributed by atoms with E-state index < -0.39 is 10.0 Å². The van der Waals surface area contributed by atoms with Crippen LogP contribution in [0, 0.1) is 5.92 Å². The minimum Gasteiger partial charge on any atom is -0.338 e. The second-order valence-corrected chi connectivity index (χ2v) is 9.72. The monoisotopic (exact) mass is 420 g/mol. The predicted molar refractivity (Wildman–Crippen MR) is 113 cm³/mol. The smallest absolute Gasteiger partial charge is 0.253 e. The number of hydrogen-bond donors (Lipinski definition) is 0. The Morgan fingerprint density at radius 3 is 2.46 bits per heavy atom. The molecule has 0 aliphatic carbocycles. The number of carbonyl (C=O) groups is 1. The summed E-state index contributed by atoms with van der Waals surface area (Å²) in [4.78, 5) is 14.6. The van der Waals surface area contributed by atoms with E-state index in [1.165, 1.54) is 4.31 Å². The number of carbonyl (C=O) groups excluding carboxylic acids is 1. The van der Waals surface area contributed by atoms with Crippen LogP contribution in [-0.2, 0) is 16.6 Å². The molecule has 7 heteroatoms. The maximum atomic E-state index is 12.7. The van der Waals surface area contributed by atoms with Gasteiger partial charge < -0.3 is 4.90 Å². The lowest BCUT2D eigenvalue weighted by Crippen LogP contribution is -2.39. The lowest BCUT2D eigenvalue weighted by molar-refractivity contribution is 0.0683. The molecule has 0 N–H and O–H groups in total. The molecule has 28 heavy (non-hydrogen) atoms. The number of benzene rings is 2. The molecule has 0 aromatic heterocycles. The summed E-state index contributed by atoms with van der Waals surface area (Å²) in [5, 5.41) is 0.516. The number of amides is 1. The van der Waals surface area contributed by atoms with Gasteiger partial charge >= 0.3 is 0 Å². The molecule has 2 aromatic rings. The molecule has 0 bridgehead atoms. The first-order valence-electron chi connectivity index (χ1n) is 9.36. The minimum atomic E-state index is -3.51. The van der Waals surface area contributed by atoms with Crippen molar-refractivity contribution in [3.63, 3.8) is 0 Å². The highest BCUT2D eigenvalue weighted by molar-refractivity contribution is 7.92. The van der Waals surface area contributed by atoms with E-state index in [0.29, 0.717) is 22.2 Å². The van der Waals surface area contributed by atoms with E-state index in [4.69, 9.17) is 11.6 Å². The van der Waals surface area contributed by atoms with Gasteiger partial charge in [-0.2, -0.15) is 0 Å². The highest BCUT2D eigenvalue weighted by atomic mass is 35.5. The van der Waals surface area contributed by atoms with E-state index in [2.05, 4.69) is 6.92 Å². The lowest BCUT2D eigenvalue weighted by Gasteiger charge is -2.31. The number of halogens is 1. The van der Waals surface area contributed by atoms with Gasteiger partial charge in [-0.1, -0.05) is 36.7 Å². The van der Waals surface area contributed by atoms with E-state index in [1.54, 1.807) is 42.5 Å². The van der Waals surface area contributed by atoms with Gasteiger partial charge in [-0.25, -0.2) is 8.42 Å². The number of nitrogens with zero attached hydrogens (tertiary/aromatic N) is 2. The Labute approximate surface area is 172 Å². The van der Waals surface area contributed by atoms with Crippen molar-refractivity contribution in [3.8, 4) is 0 Å². The number of hydrogen-bond acceptors (Lipinski definition) is 3. The average molecular weight is 421 g/mol. The molecule has 0 spiro atoms. The fourth-order valence-corrected chi connectivity index (χ4v) is 4.58. The summed E-state index contributed by atoms with van der Waals surface area (Å²) in [7, 11) is -3.51. The van der Waals surface area contributed by atoms with Gasteiger partial charge in [0.15, 0.2) is 0 Å². The molecule has 0 saturated carbocycles. The van der Waals surface area contributed by atoms with Gasteiger partial charge in [0.1, 0.15) is 0 Å². The summed E-state index contributed by atoms with van der Waals surface area (Å²) >= 11 is 6.20. The standard InChI is InChI=1S/C21H25ClN2O3S/c1-16-6-5-13-23(14-16)21(25)17-9-11-19(12-10-17)24(28(2,26)27)15-18-7-3-4-8-20(18)22/h3-4,7-12,16H,5-6,13-15H2,1-2H3/t16-/m1/s1. The molecule has 1 aliphatic heterocycles. The maximum absolute atomic E-state index is 12.7. The first-order chi connectivity index (χ1) is 13.3. The van der Waals surface area contributed by atoms with Crippen LogP contribution < -0.4 is 4.31 Å². The molecule has 1 amide bonds. The van der Waals surface area contributed by atoms with Gasteiger partial charge in [-0.15, -0.1) is 0 Å². The van der Waals surface area contributed by atoms with Crippen LogP contribution in [0.15, 0.2) is 48.5 Å². The summed E-state index contributed by atoms with van der Waals surface area (Å²) in [6.45, 7) is 3.83. The van der Waals surface area contributed by atoms with Crippen molar-refractivity contribution in [1.29, 1.82) is 0 Å². The van der Waals surface area contributed by atoms with E-state index in [1.807, 2.05) is 11.0 Å². The van der Waals surface area contributed by atoms with Crippen LogP contribution >= 0.6 is 11.6 Å². The van der Waals surface area contributed by atoms with Crippen LogP contribution in [0.1, 0.15) is 35.7 Å². The molecule has 2 aromatic carbocycles. The molecule has 1 fully saturated rings. The molecule has 1 saturated heterocycles. The average Bonchev–Trinajstić information content (AvgIpc) is 2.66. The maximum Gasteiger partial charge on any atom is 0.253 e. The largest absolute Gasteiger partial charge is 0.338 e. The van der Waals surface area contributed by atoms with Crippen molar-refractivity contribution in [1.82, 2.24) is 4.90 Å². The third-order valence-electron chi connectivity index (χ3n) is 5.02. The van der Waals surface area contributed by atoms with Crippen molar-refractivity contribution in [2.45, 2.75) is 26.3 Å². The highest BCUT2D eigenvalue weighted by Crippen LogP contribution is 2.25. The number of sulfonamides is 1. The SMILES string of the molecule is C[C@@H]1CCCN(C(=O)c2ccc(N(Cc3ccccc3Cl)S(C)(=O)=O)cc2)C1. The predicted octanol–water partition coefficient (Wildman–Crippen LogP) is 4.18. The van der Waals surface area contributed by atoms with Gasteiger partial charge in [0.25, 0.3) is 5.91 Å². The third kappa shape index (κ3) is 4.86. The number of piperidine rings is 1. The molecular weight excluding hydrogens is 396 g/mol. The van der Waals surface area contributed by atoms with Crippen LogP contribution in [0.5, 0.6) is 0 Å². The molecule has 150 valence electrons. The Hall–Kier alpha value is -2.05. The zero-order chi connectivity index (χ0) is 20.3. The Morgan fingerprint density at radius 2 is 1.86 bits per heavy atom. The fourth-order valence-electron chi connectivity index (χ4n) is 3.51. The summed E-state index contributed by atoms with van der Waals surface area (Å²) in [6, 6.07) is 13.9. The summed E-state index contributed by atoms with van der Waals surface area (Å²) in [6.07, 6.45) is 3.33. The van der Waals surface area contributed by atoms with E-state index >= 15 is 0 Å². The lowest BCUT2D eigenvalue weighted by atomic mass is 9.99. The molecular formula is C21H25ClN2O3S. The van der Waals surface area contributed by atoms with E-state index in [-0.39, 0.29) is 12.5 Å². The van der Waals surface area contributed by atoms with Crippen molar-refractivity contribution < 1.29 is 13.2 Å². The fraction of sp³-hybridized carbons (Fsp3) is 0.381. The molecule has 5 nitrogen and oxygen atoms in total. The van der Waals surface area contributed by atoms with Crippen molar-refractivity contribution in [2.75, 3.05) is 23.7 Å². The summed E-state index contributed by atoms with van der Waals surface area (Å²) in [5.74, 6) is 0.503. The Kier molecular flexibility index (Phi) is 6.30. The van der Waals surface area contributed by atoms with Crippen LogP contribution in [0.2, 0.25) is 5.02 Å². The Bertz CT molecular complexity index is 944. The third-order valence-corrected chi connectivity index (χ3v) is 6.53. The van der Waals surface area contributed by atoms with Crippen molar-refractivity contribution in [3.05, 3.63) is 64.7 Å². The molecule has 1 heterocycles. The minimum absolute atomic E-state index is 0.00453. The molecule has 3 rings (SSSR count). The Balaban J connectivity index is 1.82. The van der Waals surface area contributed by atoms with Crippen LogP contribution in [0.25, 0.3) is 0 Å². The summed E-state index contributed by atoms with van der Waals surface area (Å²) in [5.41, 5.74) is 1.80. The Morgan fingerprint density at radius 1 is 1.18 bits per heavy atom. The van der Waals surface area contributed by atoms with Gasteiger partial charge in [0, 0.05) is 23.7 Å². The van der Waals surface area contributed by atoms with Crippen LogP contribution in [0.4, 0.5) is 5.69 Å². The van der Waals surface area contributed by atoms with Crippen molar-refractivity contribution >= 4 is 33.2 Å². The quantitative estimate of drug-likeness (QED) is 0.729. The molecule has 1 atom stereocenters. The van der Waals surface area contributed by atoms with Crippen LogP contribution in [-0.4, -0.2) is 38.6 Å². The first kappa shape index (κ1) is 20.7. The number of anilines is 1. The van der Waals surface area contributed by atoms with Gasteiger partial charge in [-0.05, 0) is 54.7 Å². The topological polar surface area (TPSA) is 57.7 Å². The second-order valence-electron chi connectivity index (χ2n) is 7.41. The molecule has 0 radical (unpaired) electrons. The van der Waals surface area contributed by atoms with Gasteiger partial charge in [0.2, 0.25) is 10.0 Å². The zero-order valence-electron chi connectivity index (χ0n) is 16.1. The first-order valence-corrected chi connectivity index (χ1v) is 11.6. The number of rotatable bonds is 5. The van der Waals surface area contributed by atoms with E-state index in [9.17, 15) is 13.2 Å². The highest BCUT2D eigenvalue weighted by Gasteiger charge is 2.23. The normalized spacial score (nSPS) is 17.4. The second kappa shape index (κ2) is 8.53. The van der Waals surface area contributed by atoms with E-state index in [0.717, 1.165) is 37.8 Å². The zero-order valence-corrected chi connectivity index (χ0v) is 17.7. The van der Waals surface area contributed by atoms with Crippen LogP contribution in [0.3, 0.4) is 0 Å². The summed E-state index contributed by atoms with van der Waals surface area (Å²) < 4.78 is 26.0. The van der Waals surface area contributed by atoms with Gasteiger partial charge in [-0.3, -0.25) is 9.10 Å².